The minimum absolute atomic E-state index is 0.272. The molecule has 0 unspecified atom stereocenters. The lowest BCUT2D eigenvalue weighted by molar-refractivity contribution is 0.236. The van der Waals surface area contributed by atoms with Crippen LogP contribution in [0, 0.1) is 0 Å². The highest BCUT2D eigenvalue weighted by Gasteiger charge is 1.99. The van der Waals surface area contributed by atoms with Gasteiger partial charge in [0, 0.05) is 6.08 Å². The standard InChI is InChI=1S/C11H14N2O3/c1-7-9(12-6-13-11(7)14)5-10(16-4)8(2)15-3/h5-6H,1H2,2-4H3,(H,12,13,14)/b9-5+,10-8-. The Morgan fingerprint density at radius 1 is 1.50 bits per heavy atom. The summed E-state index contributed by atoms with van der Waals surface area (Å²) in [6, 6.07) is 0. The number of nitrogens with zero attached hydrogens (tertiary/aromatic N) is 1. The van der Waals surface area contributed by atoms with E-state index in [1.54, 1.807) is 20.1 Å². The summed E-state index contributed by atoms with van der Waals surface area (Å²) in [5.41, 5.74) is -0.272. The van der Waals surface area contributed by atoms with Crippen LogP contribution < -0.4 is 16.1 Å². The van der Waals surface area contributed by atoms with Gasteiger partial charge in [0.05, 0.1) is 31.1 Å². The van der Waals surface area contributed by atoms with Gasteiger partial charge in [-0.3, -0.25) is 4.79 Å². The van der Waals surface area contributed by atoms with Gasteiger partial charge in [-0.15, -0.1) is 0 Å². The summed E-state index contributed by atoms with van der Waals surface area (Å²) in [7, 11) is 3.06. The van der Waals surface area contributed by atoms with E-state index in [4.69, 9.17) is 9.47 Å². The van der Waals surface area contributed by atoms with Crippen molar-refractivity contribution in [1.29, 1.82) is 0 Å². The molecule has 0 radical (unpaired) electrons. The Bertz CT molecular complexity index is 557. The highest BCUT2D eigenvalue weighted by atomic mass is 16.5. The fourth-order valence-corrected chi connectivity index (χ4v) is 1.10. The van der Waals surface area contributed by atoms with Gasteiger partial charge in [0.15, 0.2) is 5.76 Å². The topological polar surface area (TPSA) is 64.2 Å². The average molecular weight is 222 g/mol. The number of nitrogens with one attached hydrogen (secondary N) is 1. The molecule has 5 nitrogen and oxygen atoms in total. The fourth-order valence-electron chi connectivity index (χ4n) is 1.10. The average Bonchev–Trinajstić information content (AvgIpc) is 2.30. The van der Waals surface area contributed by atoms with Crippen molar-refractivity contribution >= 4 is 12.7 Å². The molecule has 0 aliphatic carbocycles. The highest BCUT2D eigenvalue weighted by molar-refractivity contribution is 5.42. The molecule has 1 heterocycles. The van der Waals surface area contributed by atoms with Crippen molar-refractivity contribution in [2.75, 3.05) is 14.2 Å². The zero-order valence-corrected chi connectivity index (χ0v) is 9.53. The first kappa shape index (κ1) is 12.0. The summed E-state index contributed by atoms with van der Waals surface area (Å²) in [5, 5.41) is 0.748. The zero-order valence-electron chi connectivity index (χ0n) is 9.53. The van der Waals surface area contributed by atoms with Crippen molar-refractivity contribution in [2.24, 2.45) is 0 Å². The van der Waals surface area contributed by atoms with E-state index in [9.17, 15) is 4.79 Å². The highest BCUT2D eigenvalue weighted by Crippen LogP contribution is 2.05. The Morgan fingerprint density at radius 3 is 2.75 bits per heavy atom. The largest absolute Gasteiger partial charge is 0.498 e. The van der Waals surface area contributed by atoms with E-state index in [0.717, 1.165) is 0 Å². The maximum absolute atomic E-state index is 11.3. The summed E-state index contributed by atoms with van der Waals surface area (Å²) >= 11 is 0. The second kappa shape index (κ2) is 5.16. The van der Waals surface area contributed by atoms with E-state index in [2.05, 4.69) is 16.5 Å². The van der Waals surface area contributed by atoms with E-state index in [0.29, 0.717) is 22.1 Å². The number of hydrogen-bond acceptors (Lipinski definition) is 4. The molecule has 0 bridgehead atoms. The number of ether oxygens (including phenoxy) is 2. The maximum atomic E-state index is 11.3. The van der Waals surface area contributed by atoms with E-state index in [1.807, 2.05) is 0 Å². The molecule has 0 fully saturated rings. The molecule has 0 aliphatic rings. The van der Waals surface area contributed by atoms with Gasteiger partial charge in [-0.2, -0.15) is 0 Å². The molecule has 0 spiro atoms. The van der Waals surface area contributed by atoms with Crippen LogP contribution in [0.4, 0.5) is 0 Å². The van der Waals surface area contributed by atoms with E-state index in [-0.39, 0.29) is 5.56 Å². The molecule has 0 aromatic carbocycles. The maximum Gasteiger partial charge on any atom is 0.257 e. The van der Waals surface area contributed by atoms with Crippen molar-refractivity contribution in [2.45, 2.75) is 6.92 Å². The van der Waals surface area contributed by atoms with E-state index in [1.165, 1.54) is 13.4 Å². The van der Waals surface area contributed by atoms with Gasteiger partial charge in [-0.25, -0.2) is 4.98 Å². The first-order valence-corrected chi connectivity index (χ1v) is 4.63. The van der Waals surface area contributed by atoms with Crippen LogP contribution in [-0.2, 0) is 9.47 Å². The predicted molar refractivity (Wildman–Crippen MR) is 60.8 cm³/mol. The summed E-state index contributed by atoms with van der Waals surface area (Å²) in [4.78, 5) is 17.7. The van der Waals surface area contributed by atoms with Gasteiger partial charge in [-0.05, 0) is 6.92 Å². The number of allylic oxidation sites excluding steroid dienone is 2. The van der Waals surface area contributed by atoms with Gasteiger partial charge >= 0.3 is 0 Å². The van der Waals surface area contributed by atoms with E-state index >= 15 is 0 Å². The second-order valence-corrected chi connectivity index (χ2v) is 3.07. The Labute approximate surface area is 92.7 Å². The first-order valence-electron chi connectivity index (χ1n) is 4.63. The van der Waals surface area contributed by atoms with Crippen molar-refractivity contribution in [3.8, 4) is 0 Å². The normalized spacial score (nSPS) is 13.3. The molecule has 1 N–H and O–H groups in total. The van der Waals surface area contributed by atoms with Crippen LogP contribution in [0.1, 0.15) is 6.92 Å². The lowest BCUT2D eigenvalue weighted by Gasteiger charge is -2.04. The van der Waals surface area contributed by atoms with Gasteiger partial charge in [0.2, 0.25) is 0 Å². The van der Waals surface area contributed by atoms with Gasteiger partial charge in [0.25, 0.3) is 5.56 Å². The van der Waals surface area contributed by atoms with Crippen molar-refractivity contribution in [3.05, 3.63) is 38.8 Å². The molecule has 1 rings (SSSR count). The summed E-state index contributed by atoms with van der Waals surface area (Å²) in [6.07, 6.45) is 2.93. The number of methoxy groups -OCH3 is 2. The van der Waals surface area contributed by atoms with Gasteiger partial charge in [-0.1, -0.05) is 6.58 Å². The number of rotatable bonds is 3. The molecule has 0 aliphatic heterocycles. The Kier molecular flexibility index (Phi) is 3.88. The van der Waals surface area contributed by atoms with E-state index < -0.39 is 0 Å². The van der Waals surface area contributed by atoms with Crippen molar-refractivity contribution < 1.29 is 9.47 Å². The van der Waals surface area contributed by atoms with Crippen LogP contribution in [0.25, 0.3) is 12.7 Å². The molecule has 1 aromatic heterocycles. The van der Waals surface area contributed by atoms with Crippen LogP contribution in [0.3, 0.4) is 0 Å². The number of H-pyrrole nitrogens is 1. The fraction of sp³-hybridized carbons (Fsp3) is 0.273. The molecule has 0 saturated heterocycles. The monoisotopic (exact) mass is 222 g/mol. The molecule has 0 amide bonds. The molecule has 0 atom stereocenters. The van der Waals surface area contributed by atoms with Crippen molar-refractivity contribution in [3.63, 3.8) is 0 Å². The third-order valence-corrected chi connectivity index (χ3v) is 2.12. The molecule has 16 heavy (non-hydrogen) atoms. The summed E-state index contributed by atoms with van der Waals surface area (Å²) in [5.74, 6) is 1.11. The minimum Gasteiger partial charge on any atom is -0.498 e. The molecular weight excluding hydrogens is 208 g/mol. The number of aromatic amines is 1. The smallest absolute Gasteiger partial charge is 0.257 e. The predicted octanol–water partition coefficient (Wildman–Crippen LogP) is -0.515. The molecular formula is C11H14N2O3. The Hall–Kier alpha value is -2.04. The number of aromatic nitrogens is 2. The molecule has 0 saturated carbocycles. The van der Waals surface area contributed by atoms with Crippen LogP contribution in [0.15, 0.2) is 22.6 Å². The third kappa shape index (κ3) is 2.50. The second-order valence-electron chi connectivity index (χ2n) is 3.07. The minimum atomic E-state index is -0.272. The first-order chi connectivity index (χ1) is 7.60. The quantitative estimate of drug-likeness (QED) is 0.699. The lowest BCUT2D eigenvalue weighted by Crippen LogP contribution is -2.41. The van der Waals surface area contributed by atoms with Crippen LogP contribution >= 0.6 is 0 Å². The van der Waals surface area contributed by atoms with Gasteiger partial charge in [0.1, 0.15) is 5.76 Å². The van der Waals surface area contributed by atoms with Crippen LogP contribution in [0.5, 0.6) is 0 Å². The molecule has 86 valence electrons. The van der Waals surface area contributed by atoms with Crippen LogP contribution in [-0.4, -0.2) is 24.2 Å². The zero-order chi connectivity index (χ0) is 12.1. The summed E-state index contributed by atoms with van der Waals surface area (Å²) in [6.45, 7) is 5.39. The van der Waals surface area contributed by atoms with Crippen LogP contribution in [0.2, 0.25) is 0 Å². The third-order valence-electron chi connectivity index (χ3n) is 2.12. The Morgan fingerprint density at radius 2 is 2.19 bits per heavy atom. The SMILES string of the molecule is C=c1c(=O)[nH]cn/c1=C/C(OC)=C(\C)OC. The van der Waals surface area contributed by atoms with Crippen molar-refractivity contribution in [1.82, 2.24) is 9.97 Å². The lowest BCUT2D eigenvalue weighted by atomic mass is 10.3. The summed E-state index contributed by atoms with van der Waals surface area (Å²) < 4.78 is 10.2. The van der Waals surface area contributed by atoms with Gasteiger partial charge < -0.3 is 14.5 Å². The Balaban J connectivity index is 3.44. The molecule has 5 heteroatoms. The molecule has 1 aromatic rings. The number of hydrogen-bond donors (Lipinski definition) is 1.